The summed E-state index contributed by atoms with van der Waals surface area (Å²) in [6, 6.07) is 2.42. The smallest absolute Gasteiger partial charge is 0.422 e. The van der Waals surface area contributed by atoms with Crippen LogP contribution in [0.25, 0.3) is 0 Å². The molecule has 0 atom stereocenters. The molecule has 100 valence electrons. The van der Waals surface area contributed by atoms with Crippen LogP contribution in [-0.4, -0.2) is 21.6 Å². The molecule has 0 aliphatic rings. The normalized spacial score (nSPS) is 11.1. The van der Waals surface area contributed by atoms with E-state index in [1.165, 1.54) is 12.1 Å². The second-order valence-electron chi connectivity index (χ2n) is 2.92. The van der Waals surface area contributed by atoms with Gasteiger partial charge in [-0.05, 0) is 12.1 Å². The zero-order valence-corrected chi connectivity index (χ0v) is 11.9. The molecule has 0 saturated heterocycles. The predicted molar refractivity (Wildman–Crippen MR) is 67.3 cm³/mol. The second-order valence-corrected chi connectivity index (χ2v) is 5.79. The number of halogens is 3. The van der Waals surface area contributed by atoms with Gasteiger partial charge < -0.3 is 4.74 Å². The molecule has 1 aromatic carbocycles. The number of amides is 1. The van der Waals surface area contributed by atoms with E-state index < -0.39 is 21.0 Å². The van der Waals surface area contributed by atoms with Gasteiger partial charge in [0.2, 0.25) is 0 Å². The summed E-state index contributed by atoms with van der Waals surface area (Å²) in [4.78, 5) is 12.1. The highest BCUT2D eigenvalue weighted by Crippen LogP contribution is 2.32. The quantitative estimate of drug-likeness (QED) is 0.831. The highest BCUT2D eigenvalue weighted by Gasteiger charge is 2.23. The van der Waals surface area contributed by atoms with Gasteiger partial charge in [0.15, 0.2) is 0 Å². The molecule has 0 saturated carbocycles. The topological polar surface area (TPSA) is 84.5 Å². The molecule has 0 fully saturated rings. The number of hydrogen-bond donors (Lipinski definition) is 2. The van der Waals surface area contributed by atoms with E-state index in [1.54, 1.807) is 10.3 Å². The Morgan fingerprint density at radius 1 is 1.22 bits per heavy atom. The van der Waals surface area contributed by atoms with Crippen LogP contribution in [0.15, 0.2) is 17.0 Å². The molecule has 10 heteroatoms. The molecule has 6 nitrogen and oxygen atoms in total. The highest BCUT2D eigenvalue weighted by atomic mass is 35.5. The summed E-state index contributed by atoms with van der Waals surface area (Å²) in [5, 5.41) is -0.164. The van der Waals surface area contributed by atoms with Gasteiger partial charge in [-0.2, -0.15) is 0 Å². The summed E-state index contributed by atoms with van der Waals surface area (Å²) in [7, 11) is -3.05. The molecule has 18 heavy (non-hydrogen) atoms. The Hall–Kier alpha value is -0.730. The number of nitrogens with one attached hydrogen (secondary N) is 2. The van der Waals surface area contributed by atoms with Gasteiger partial charge in [-0.25, -0.2) is 18.6 Å². The first kappa shape index (κ1) is 15.3. The SMILES string of the molecule is COC(=O)NNS(=O)(=O)c1c(Cl)cc(Cl)cc1Cl. The van der Waals surface area contributed by atoms with Gasteiger partial charge in [0.05, 0.1) is 17.2 Å². The van der Waals surface area contributed by atoms with Crippen molar-refractivity contribution in [3.8, 4) is 0 Å². The van der Waals surface area contributed by atoms with E-state index in [9.17, 15) is 13.2 Å². The molecule has 0 aliphatic heterocycles. The lowest BCUT2D eigenvalue weighted by Crippen LogP contribution is -2.41. The summed E-state index contributed by atoms with van der Waals surface area (Å²) >= 11 is 17.1. The average molecular weight is 334 g/mol. The third kappa shape index (κ3) is 3.63. The molecule has 0 bridgehead atoms. The van der Waals surface area contributed by atoms with Gasteiger partial charge in [0.25, 0.3) is 10.0 Å². The summed E-state index contributed by atoms with van der Waals surface area (Å²) in [6.07, 6.45) is -0.986. The number of hydrogen-bond acceptors (Lipinski definition) is 4. The van der Waals surface area contributed by atoms with Gasteiger partial charge >= 0.3 is 6.09 Å². The molecule has 1 amide bonds. The van der Waals surface area contributed by atoms with Gasteiger partial charge in [0.1, 0.15) is 4.90 Å². The maximum atomic E-state index is 11.8. The summed E-state index contributed by atoms with van der Waals surface area (Å²) in [5.41, 5.74) is 1.79. The fraction of sp³-hybridized carbons (Fsp3) is 0.125. The van der Waals surface area contributed by atoms with Crippen LogP contribution in [0.1, 0.15) is 0 Å². The standard InChI is InChI=1S/C8H7Cl3N2O4S/c1-17-8(14)12-13-18(15,16)7-5(10)2-4(9)3-6(7)11/h2-3,13H,1H3,(H,12,14). The minimum atomic E-state index is -4.13. The van der Waals surface area contributed by atoms with Crippen molar-refractivity contribution in [1.29, 1.82) is 0 Å². The van der Waals surface area contributed by atoms with E-state index in [1.807, 2.05) is 0 Å². The van der Waals surface area contributed by atoms with Crippen molar-refractivity contribution in [2.45, 2.75) is 4.90 Å². The van der Waals surface area contributed by atoms with Crippen LogP contribution < -0.4 is 10.3 Å². The summed E-state index contributed by atoms with van der Waals surface area (Å²) in [5.74, 6) is 0. The second kappa shape index (κ2) is 5.94. The van der Waals surface area contributed by atoms with Gasteiger partial charge in [-0.15, -0.1) is 4.83 Å². The van der Waals surface area contributed by atoms with Crippen LogP contribution in [0.5, 0.6) is 0 Å². The maximum Gasteiger partial charge on any atom is 0.422 e. The van der Waals surface area contributed by atoms with E-state index in [-0.39, 0.29) is 15.1 Å². The first-order chi connectivity index (χ1) is 8.27. The zero-order valence-electron chi connectivity index (χ0n) is 8.83. The zero-order chi connectivity index (χ0) is 13.9. The van der Waals surface area contributed by atoms with Crippen LogP contribution >= 0.6 is 34.8 Å². The van der Waals surface area contributed by atoms with Crippen molar-refractivity contribution in [3.63, 3.8) is 0 Å². The minimum Gasteiger partial charge on any atom is -0.452 e. The molecule has 0 radical (unpaired) electrons. The van der Waals surface area contributed by atoms with Crippen molar-refractivity contribution in [2.24, 2.45) is 0 Å². The van der Waals surface area contributed by atoms with E-state index >= 15 is 0 Å². The first-order valence-corrected chi connectivity index (χ1v) is 6.90. The molecule has 1 rings (SSSR count). The molecular formula is C8H7Cl3N2O4S. The van der Waals surface area contributed by atoms with Gasteiger partial charge in [0, 0.05) is 5.02 Å². The number of methoxy groups -OCH3 is 1. The van der Waals surface area contributed by atoms with Gasteiger partial charge in [-0.3, -0.25) is 0 Å². The van der Waals surface area contributed by atoms with E-state index in [0.717, 1.165) is 7.11 Å². The van der Waals surface area contributed by atoms with Crippen LogP contribution in [0, 0.1) is 0 Å². The molecular weight excluding hydrogens is 327 g/mol. The van der Waals surface area contributed by atoms with Crippen molar-refractivity contribution in [1.82, 2.24) is 10.3 Å². The Bertz CT molecular complexity index is 553. The van der Waals surface area contributed by atoms with Crippen molar-refractivity contribution < 1.29 is 17.9 Å². The maximum absolute atomic E-state index is 11.8. The van der Waals surface area contributed by atoms with E-state index in [4.69, 9.17) is 34.8 Å². The molecule has 0 unspecified atom stereocenters. The Morgan fingerprint density at radius 3 is 2.17 bits per heavy atom. The first-order valence-electron chi connectivity index (χ1n) is 4.28. The number of carbonyl (C=O) groups is 1. The predicted octanol–water partition coefficient (Wildman–Crippen LogP) is 2.20. The van der Waals surface area contributed by atoms with Crippen LogP contribution in [0.2, 0.25) is 15.1 Å². The van der Waals surface area contributed by atoms with Crippen LogP contribution in [0.3, 0.4) is 0 Å². The molecule has 0 aromatic heterocycles. The third-order valence-electron chi connectivity index (χ3n) is 1.70. The molecule has 0 heterocycles. The molecule has 0 aliphatic carbocycles. The van der Waals surface area contributed by atoms with Crippen LogP contribution in [0.4, 0.5) is 4.79 Å². The fourth-order valence-corrected chi connectivity index (χ4v) is 3.37. The van der Waals surface area contributed by atoms with Crippen LogP contribution in [-0.2, 0) is 14.8 Å². The lowest BCUT2D eigenvalue weighted by atomic mass is 10.4. The molecule has 2 N–H and O–H groups in total. The lowest BCUT2D eigenvalue weighted by Gasteiger charge is -2.10. The van der Waals surface area contributed by atoms with Crippen molar-refractivity contribution in [2.75, 3.05) is 7.11 Å². The summed E-state index contributed by atoms with van der Waals surface area (Å²) < 4.78 is 27.8. The van der Waals surface area contributed by atoms with Gasteiger partial charge in [-0.1, -0.05) is 34.8 Å². The largest absolute Gasteiger partial charge is 0.452 e. The highest BCUT2D eigenvalue weighted by molar-refractivity contribution is 7.89. The third-order valence-corrected chi connectivity index (χ3v) is 4.09. The fourth-order valence-electron chi connectivity index (χ4n) is 0.997. The Labute approximate surface area is 118 Å². The number of sulfonamides is 1. The Morgan fingerprint density at radius 2 is 1.72 bits per heavy atom. The number of ether oxygens (including phenoxy) is 1. The monoisotopic (exact) mass is 332 g/mol. The summed E-state index contributed by atoms with van der Waals surface area (Å²) in [6.45, 7) is 0. The van der Waals surface area contributed by atoms with E-state index in [2.05, 4.69) is 4.74 Å². The average Bonchev–Trinajstić information content (AvgIpc) is 2.24. The molecule has 0 spiro atoms. The van der Waals surface area contributed by atoms with E-state index in [0.29, 0.717) is 0 Å². The minimum absolute atomic E-state index is 0.174. The number of hydrazine groups is 1. The molecule has 1 aromatic rings. The lowest BCUT2D eigenvalue weighted by molar-refractivity contribution is 0.169. The van der Waals surface area contributed by atoms with Crippen molar-refractivity contribution in [3.05, 3.63) is 27.2 Å². The number of benzene rings is 1. The van der Waals surface area contributed by atoms with Crippen molar-refractivity contribution >= 4 is 50.9 Å². The number of rotatable bonds is 3. The Kier molecular flexibility index (Phi) is 5.06. The number of carbonyl (C=O) groups excluding carboxylic acids is 1. The Balaban J connectivity index is 3.10.